The van der Waals surface area contributed by atoms with Gasteiger partial charge in [-0.2, -0.15) is 5.10 Å². The Bertz CT molecular complexity index is 484. The lowest BCUT2D eigenvalue weighted by molar-refractivity contribution is -0.313. The average molecular weight is 269 g/mol. The fourth-order valence-electron chi connectivity index (χ4n) is 1.94. The molecule has 2 N–H and O–H groups in total. The molecule has 2 atom stereocenters. The highest BCUT2D eigenvalue weighted by Crippen LogP contribution is 2.32. The number of aromatic amines is 1. The van der Waals surface area contributed by atoms with Crippen LogP contribution in [0.4, 0.5) is 5.82 Å². The number of allylic oxidation sites excluding steroid dienone is 2. The van der Waals surface area contributed by atoms with Crippen LogP contribution < -0.4 is 10.4 Å². The summed E-state index contributed by atoms with van der Waals surface area (Å²) in [4.78, 5) is 23.0. The van der Waals surface area contributed by atoms with Crippen LogP contribution in [0.5, 0.6) is 0 Å². The van der Waals surface area contributed by atoms with Gasteiger partial charge in [0, 0.05) is 23.0 Å². The van der Waals surface area contributed by atoms with E-state index in [4.69, 9.17) is 11.6 Å². The zero-order chi connectivity index (χ0) is 13.1. The number of aliphatic carboxylic acids is 1. The first-order valence-corrected chi connectivity index (χ1v) is 5.81. The number of carbonyl (C=O) groups is 2. The zero-order valence-corrected chi connectivity index (χ0v) is 10.1. The SMILES string of the molecule is O=C([O-])[C@H]1CC=C(Cl)C[C@@H]1C(=O)Nc1ccn[nH]1. The molecule has 1 amide bonds. The first kappa shape index (κ1) is 12.6. The molecular formula is C11H11ClN3O3-. The molecule has 18 heavy (non-hydrogen) atoms. The number of amides is 1. The number of H-pyrrole nitrogens is 1. The molecule has 1 aromatic rings. The predicted octanol–water partition coefficient (Wildman–Crippen LogP) is 0.247. The van der Waals surface area contributed by atoms with Crippen molar-refractivity contribution < 1.29 is 14.7 Å². The Kier molecular flexibility index (Phi) is 3.66. The van der Waals surface area contributed by atoms with E-state index in [0.29, 0.717) is 10.9 Å². The van der Waals surface area contributed by atoms with Gasteiger partial charge in [-0.1, -0.05) is 17.7 Å². The summed E-state index contributed by atoms with van der Waals surface area (Å²) in [5.74, 6) is -2.80. The summed E-state index contributed by atoms with van der Waals surface area (Å²) in [6, 6.07) is 1.58. The minimum atomic E-state index is -1.24. The number of nitrogens with zero attached hydrogens (tertiary/aromatic N) is 1. The Balaban J connectivity index is 2.11. The van der Waals surface area contributed by atoms with Crippen LogP contribution in [0.3, 0.4) is 0 Å². The molecule has 0 bridgehead atoms. The number of halogens is 1. The maximum Gasteiger partial charge on any atom is 0.229 e. The van der Waals surface area contributed by atoms with Gasteiger partial charge < -0.3 is 15.2 Å². The van der Waals surface area contributed by atoms with Gasteiger partial charge in [0.15, 0.2) is 0 Å². The fourth-order valence-corrected chi connectivity index (χ4v) is 2.20. The molecule has 0 spiro atoms. The number of carbonyl (C=O) groups excluding carboxylic acids is 2. The molecule has 1 aromatic heterocycles. The summed E-state index contributed by atoms with van der Waals surface area (Å²) >= 11 is 5.85. The molecule has 0 radical (unpaired) electrons. The zero-order valence-electron chi connectivity index (χ0n) is 9.35. The molecule has 0 aliphatic heterocycles. The number of carboxylic acids is 1. The molecule has 6 nitrogen and oxygen atoms in total. The van der Waals surface area contributed by atoms with Crippen molar-refractivity contribution in [3.05, 3.63) is 23.4 Å². The minimum absolute atomic E-state index is 0.209. The second-order valence-corrected chi connectivity index (χ2v) is 4.57. The van der Waals surface area contributed by atoms with Gasteiger partial charge >= 0.3 is 0 Å². The Morgan fingerprint density at radius 1 is 1.50 bits per heavy atom. The highest BCUT2D eigenvalue weighted by molar-refractivity contribution is 6.29. The summed E-state index contributed by atoms with van der Waals surface area (Å²) in [5.41, 5.74) is 0. The van der Waals surface area contributed by atoms with Crippen molar-refractivity contribution in [2.24, 2.45) is 11.8 Å². The minimum Gasteiger partial charge on any atom is -0.550 e. The quantitative estimate of drug-likeness (QED) is 0.821. The van der Waals surface area contributed by atoms with Crippen LogP contribution in [0.15, 0.2) is 23.4 Å². The van der Waals surface area contributed by atoms with Crippen molar-refractivity contribution in [3.63, 3.8) is 0 Å². The highest BCUT2D eigenvalue weighted by atomic mass is 35.5. The first-order valence-electron chi connectivity index (χ1n) is 5.43. The fraction of sp³-hybridized carbons (Fsp3) is 0.364. The van der Waals surface area contributed by atoms with Gasteiger partial charge in [0.2, 0.25) is 5.91 Å². The van der Waals surface area contributed by atoms with E-state index in [0.717, 1.165) is 0 Å². The lowest BCUT2D eigenvalue weighted by Crippen LogP contribution is -2.42. The van der Waals surface area contributed by atoms with E-state index >= 15 is 0 Å². The topological polar surface area (TPSA) is 97.9 Å². The molecule has 1 aliphatic carbocycles. The Morgan fingerprint density at radius 2 is 2.28 bits per heavy atom. The first-order chi connectivity index (χ1) is 8.58. The molecule has 0 unspecified atom stereocenters. The Hall–Kier alpha value is -1.82. The van der Waals surface area contributed by atoms with Crippen LogP contribution in [0, 0.1) is 11.8 Å². The Morgan fingerprint density at radius 3 is 2.89 bits per heavy atom. The smallest absolute Gasteiger partial charge is 0.229 e. The van der Waals surface area contributed by atoms with Crippen molar-refractivity contribution in [1.29, 1.82) is 0 Å². The molecule has 96 valence electrons. The monoisotopic (exact) mass is 268 g/mol. The molecule has 0 saturated heterocycles. The molecule has 1 aliphatic rings. The highest BCUT2D eigenvalue weighted by Gasteiger charge is 2.32. The van der Waals surface area contributed by atoms with Crippen LogP contribution in [0.2, 0.25) is 0 Å². The third-order valence-electron chi connectivity index (χ3n) is 2.89. The van der Waals surface area contributed by atoms with E-state index in [-0.39, 0.29) is 12.8 Å². The second kappa shape index (κ2) is 5.22. The molecule has 0 saturated carbocycles. The molecular weight excluding hydrogens is 258 g/mol. The van der Waals surface area contributed by atoms with E-state index in [1.54, 1.807) is 12.1 Å². The van der Waals surface area contributed by atoms with Gasteiger partial charge in [-0.05, 0) is 12.8 Å². The summed E-state index contributed by atoms with van der Waals surface area (Å²) < 4.78 is 0. The maximum atomic E-state index is 12.0. The van der Waals surface area contributed by atoms with E-state index in [1.165, 1.54) is 6.20 Å². The molecule has 0 fully saturated rings. The number of hydrogen-bond donors (Lipinski definition) is 2. The predicted molar refractivity (Wildman–Crippen MR) is 62.4 cm³/mol. The van der Waals surface area contributed by atoms with Gasteiger partial charge in [0.05, 0.1) is 12.1 Å². The van der Waals surface area contributed by atoms with E-state index in [9.17, 15) is 14.7 Å². The van der Waals surface area contributed by atoms with Crippen LogP contribution in [-0.2, 0) is 9.59 Å². The van der Waals surface area contributed by atoms with Crippen LogP contribution in [-0.4, -0.2) is 22.1 Å². The number of hydrogen-bond acceptors (Lipinski definition) is 4. The third-order valence-corrected chi connectivity index (χ3v) is 3.20. The van der Waals surface area contributed by atoms with E-state index in [1.807, 2.05) is 0 Å². The Labute approximate surface area is 108 Å². The van der Waals surface area contributed by atoms with Gasteiger partial charge in [-0.3, -0.25) is 9.89 Å². The third kappa shape index (κ3) is 2.70. The second-order valence-electron chi connectivity index (χ2n) is 4.08. The van der Waals surface area contributed by atoms with Crippen molar-refractivity contribution in [2.75, 3.05) is 5.32 Å². The number of aromatic nitrogens is 2. The van der Waals surface area contributed by atoms with Crippen LogP contribution >= 0.6 is 11.6 Å². The summed E-state index contributed by atoms with van der Waals surface area (Å²) in [6.45, 7) is 0. The summed E-state index contributed by atoms with van der Waals surface area (Å²) in [6.07, 6.45) is 3.52. The number of rotatable bonds is 3. The molecule has 7 heteroatoms. The van der Waals surface area contributed by atoms with Gasteiger partial charge in [0.1, 0.15) is 5.82 Å². The van der Waals surface area contributed by atoms with Crippen molar-refractivity contribution in [2.45, 2.75) is 12.8 Å². The van der Waals surface area contributed by atoms with Crippen LogP contribution in [0.1, 0.15) is 12.8 Å². The number of carboxylic acid groups (broad SMARTS) is 1. The summed E-state index contributed by atoms with van der Waals surface area (Å²) in [7, 11) is 0. The lowest BCUT2D eigenvalue weighted by atomic mass is 9.82. The van der Waals surface area contributed by atoms with Crippen molar-refractivity contribution in [1.82, 2.24) is 10.2 Å². The molecule has 0 aromatic carbocycles. The van der Waals surface area contributed by atoms with Crippen LogP contribution in [0.25, 0.3) is 0 Å². The van der Waals surface area contributed by atoms with Gasteiger partial charge in [0.25, 0.3) is 0 Å². The van der Waals surface area contributed by atoms with Gasteiger partial charge in [-0.15, -0.1) is 0 Å². The number of nitrogens with one attached hydrogen (secondary N) is 2. The van der Waals surface area contributed by atoms with E-state index in [2.05, 4.69) is 15.5 Å². The largest absolute Gasteiger partial charge is 0.550 e. The molecule has 1 heterocycles. The maximum absolute atomic E-state index is 12.0. The standard InChI is InChI=1S/C11H12ClN3O3/c12-6-1-2-7(11(17)18)8(5-6)10(16)14-9-3-4-13-15-9/h1,3-4,7-8H,2,5H2,(H,17,18)(H2,13,14,15,16)/p-1/t7-,8-/m0/s1. The van der Waals surface area contributed by atoms with Gasteiger partial charge in [-0.25, -0.2) is 0 Å². The van der Waals surface area contributed by atoms with E-state index < -0.39 is 23.7 Å². The normalized spacial score (nSPS) is 23.3. The summed E-state index contributed by atoms with van der Waals surface area (Å²) in [5, 5.41) is 20.3. The van der Waals surface area contributed by atoms with Crippen molar-refractivity contribution >= 4 is 29.3 Å². The lowest BCUT2D eigenvalue weighted by Gasteiger charge is -2.29. The number of anilines is 1. The molecule has 2 rings (SSSR count). The van der Waals surface area contributed by atoms with Crippen molar-refractivity contribution in [3.8, 4) is 0 Å². The average Bonchev–Trinajstić information content (AvgIpc) is 2.81.